The summed E-state index contributed by atoms with van der Waals surface area (Å²) in [6, 6.07) is 6.63. The summed E-state index contributed by atoms with van der Waals surface area (Å²) < 4.78 is 5.12. The van der Waals surface area contributed by atoms with Crippen molar-refractivity contribution in [1.29, 1.82) is 0 Å². The first-order valence-electron chi connectivity index (χ1n) is 8.53. The van der Waals surface area contributed by atoms with E-state index in [0.717, 1.165) is 12.8 Å². The minimum Gasteiger partial charge on any atom is -0.462 e. The van der Waals surface area contributed by atoms with Crippen molar-refractivity contribution in [3.63, 3.8) is 0 Å². The van der Waals surface area contributed by atoms with Crippen LogP contribution in [0, 0.1) is 0 Å². The molecule has 1 N–H and O–H groups in total. The number of esters is 1. The second kappa shape index (κ2) is 8.42. The number of ether oxygens (including phenoxy) is 1. The van der Waals surface area contributed by atoms with Crippen LogP contribution in [0.1, 0.15) is 54.3 Å². The molecular formula is C20H23NO4. The molecule has 132 valence electrons. The predicted molar refractivity (Wildman–Crippen MR) is 95.4 cm³/mol. The topological polar surface area (TPSA) is 72.5 Å². The van der Waals surface area contributed by atoms with Crippen LogP contribution in [0.3, 0.4) is 0 Å². The molecule has 0 aliphatic heterocycles. The highest BCUT2D eigenvalue weighted by Gasteiger charge is 2.31. The summed E-state index contributed by atoms with van der Waals surface area (Å²) in [6.07, 6.45) is 3.17. The van der Waals surface area contributed by atoms with Crippen molar-refractivity contribution in [2.75, 3.05) is 13.2 Å². The fourth-order valence-electron chi connectivity index (χ4n) is 2.71. The number of Topliss-reactive ketones (excluding diaryl/α,β-unsaturated/α-hetero) is 1. The van der Waals surface area contributed by atoms with Crippen LogP contribution in [0.25, 0.3) is 0 Å². The molecule has 0 aromatic heterocycles. The molecule has 25 heavy (non-hydrogen) atoms. The summed E-state index contributed by atoms with van der Waals surface area (Å²) in [5, 5.41) is 3.15. The van der Waals surface area contributed by atoms with Crippen LogP contribution in [-0.4, -0.2) is 30.7 Å². The highest BCUT2D eigenvalue weighted by molar-refractivity contribution is 6.28. The molecule has 0 atom stereocenters. The summed E-state index contributed by atoms with van der Waals surface area (Å²) in [7, 11) is 0. The lowest BCUT2D eigenvalue weighted by Gasteiger charge is -2.19. The third-order valence-electron chi connectivity index (χ3n) is 4.00. The molecule has 1 aromatic rings. The molecular weight excluding hydrogens is 318 g/mol. The second-order valence-electron chi connectivity index (χ2n) is 5.80. The maximum absolute atomic E-state index is 12.9. The van der Waals surface area contributed by atoms with Crippen LogP contribution < -0.4 is 5.32 Å². The monoisotopic (exact) mass is 341 g/mol. The average Bonchev–Trinajstić information content (AvgIpc) is 2.60. The molecule has 0 spiro atoms. The minimum absolute atomic E-state index is 0.0867. The zero-order valence-electron chi connectivity index (χ0n) is 14.8. The number of ketones is 2. The molecule has 0 saturated heterocycles. The SMILES string of the molecule is CCCCN/C(C)=C(/C(=O)OCC)C1=CC(=O)c2ccccc2C1=O. The molecule has 5 heteroatoms. The maximum atomic E-state index is 12.9. The van der Waals surface area contributed by atoms with Gasteiger partial charge in [0.05, 0.1) is 12.2 Å². The fraction of sp³-hybridized carbons (Fsp3) is 0.350. The Morgan fingerprint density at radius 2 is 1.80 bits per heavy atom. The number of fused-ring (bicyclic) bond motifs is 1. The Bertz CT molecular complexity index is 759. The maximum Gasteiger partial charge on any atom is 0.340 e. The van der Waals surface area contributed by atoms with Gasteiger partial charge in [-0.3, -0.25) is 9.59 Å². The van der Waals surface area contributed by atoms with E-state index in [4.69, 9.17) is 4.74 Å². The summed E-state index contributed by atoms with van der Waals surface area (Å²) in [4.78, 5) is 37.7. The number of rotatable bonds is 7. The molecule has 0 fully saturated rings. The van der Waals surface area contributed by atoms with E-state index in [0.29, 0.717) is 23.4 Å². The van der Waals surface area contributed by atoms with Gasteiger partial charge in [0.2, 0.25) is 0 Å². The fourth-order valence-corrected chi connectivity index (χ4v) is 2.71. The molecule has 1 aromatic carbocycles. The number of carbonyl (C=O) groups is 3. The summed E-state index contributed by atoms with van der Waals surface area (Å²) in [6.45, 7) is 6.36. The van der Waals surface area contributed by atoms with Crippen molar-refractivity contribution < 1.29 is 19.1 Å². The lowest BCUT2D eigenvalue weighted by molar-refractivity contribution is -0.138. The van der Waals surface area contributed by atoms with Gasteiger partial charge in [0.15, 0.2) is 11.6 Å². The molecule has 0 unspecified atom stereocenters. The zero-order valence-corrected chi connectivity index (χ0v) is 14.8. The van der Waals surface area contributed by atoms with Crippen LogP contribution in [0.2, 0.25) is 0 Å². The smallest absolute Gasteiger partial charge is 0.340 e. The van der Waals surface area contributed by atoms with E-state index < -0.39 is 5.97 Å². The number of hydrogen-bond donors (Lipinski definition) is 1. The van der Waals surface area contributed by atoms with E-state index in [-0.39, 0.29) is 29.3 Å². The van der Waals surface area contributed by atoms with E-state index in [9.17, 15) is 14.4 Å². The molecule has 1 aliphatic carbocycles. The van der Waals surface area contributed by atoms with Gasteiger partial charge in [0.1, 0.15) is 0 Å². The summed E-state index contributed by atoms with van der Waals surface area (Å²) >= 11 is 0. The molecule has 0 amide bonds. The van der Waals surface area contributed by atoms with Crippen molar-refractivity contribution in [2.45, 2.75) is 33.6 Å². The van der Waals surface area contributed by atoms with Crippen LogP contribution >= 0.6 is 0 Å². The van der Waals surface area contributed by atoms with Gasteiger partial charge in [-0.25, -0.2) is 4.79 Å². The lowest BCUT2D eigenvalue weighted by atomic mass is 9.85. The Kier molecular flexibility index (Phi) is 6.28. The second-order valence-corrected chi connectivity index (χ2v) is 5.80. The Hall–Kier alpha value is -2.69. The van der Waals surface area contributed by atoms with Gasteiger partial charge >= 0.3 is 5.97 Å². The summed E-state index contributed by atoms with van der Waals surface area (Å²) in [5.41, 5.74) is 1.43. The van der Waals surface area contributed by atoms with Gasteiger partial charge in [-0.05, 0) is 26.3 Å². The van der Waals surface area contributed by atoms with Crippen molar-refractivity contribution >= 4 is 17.5 Å². The van der Waals surface area contributed by atoms with Gasteiger partial charge in [-0.15, -0.1) is 0 Å². The standard InChI is InChI=1S/C20H23NO4/c1-4-6-11-21-13(3)18(20(24)25-5-2)16-12-17(22)14-9-7-8-10-15(14)19(16)23/h7-10,12,21H,4-6,11H2,1-3H3/b18-13+. The zero-order chi connectivity index (χ0) is 18.4. The Balaban J connectivity index is 2.47. The molecule has 0 saturated carbocycles. The van der Waals surface area contributed by atoms with Crippen LogP contribution in [0.15, 0.2) is 47.2 Å². The number of allylic oxidation sites excluding steroid dienone is 2. The van der Waals surface area contributed by atoms with E-state index >= 15 is 0 Å². The summed E-state index contributed by atoms with van der Waals surface area (Å²) in [5.74, 6) is -1.22. The molecule has 0 heterocycles. The molecule has 0 bridgehead atoms. The normalized spacial score (nSPS) is 14.4. The van der Waals surface area contributed by atoms with Crippen LogP contribution in [0.4, 0.5) is 0 Å². The van der Waals surface area contributed by atoms with Gasteiger partial charge in [0, 0.05) is 28.9 Å². The minimum atomic E-state index is -0.601. The van der Waals surface area contributed by atoms with Crippen LogP contribution in [0.5, 0.6) is 0 Å². The first-order chi connectivity index (χ1) is 12.0. The van der Waals surface area contributed by atoms with Gasteiger partial charge in [-0.1, -0.05) is 37.6 Å². The third-order valence-corrected chi connectivity index (χ3v) is 4.00. The quantitative estimate of drug-likeness (QED) is 0.468. The number of hydrogen-bond acceptors (Lipinski definition) is 5. The number of carbonyl (C=O) groups excluding carboxylic acids is 3. The van der Waals surface area contributed by atoms with E-state index in [1.165, 1.54) is 6.08 Å². The van der Waals surface area contributed by atoms with Gasteiger partial charge in [-0.2, -0.15) is 0 Å². The van der Waals surface area contributed by atoms with Crippen LogP contribution in [-0.2, 0) is 9.53 Å². The van der Waals surface area contributed by atoms with E-state index in [1.807, 2.05) is 0 Å². The number of benzene rings is 1. The largest absolute Gasteiger partial charge is 0.462 e. The van der Waals surface area contributed by atoms with E-state index in [2.05, 4.69) is 12.2 Å². The molecule has 2 rings (SSSR count). The molecule has 1 aliphatic rings. The van der Waals surface area contributed by atoms with Crippen molar-refractivity contribution in [3.05, 3.63) is 58.3 Å². The molecule has 0 radical (unpaired) electrons. The van der Waals surface area contributed by atoms with E-state index in [1.54, 1.807) is 38.1 Å². The average molecular weight is 341 g/mol. The number of unbranched alkanes of at least 4 members (excludes halogenated alkanes) is 1. The van der Waals surface area contributed by atoms with Crippen molar-refractivity contribution in [1.82, 2.24) is 5.32 Å². The highest BCUT2D eigenvalue weighted by Crippen LogP contribution is 2.27. The Morgan fingerprint density at radius 1 is 1.12 bits per heavy atom. The predicted octanol–water partition coefficient (Wildman–Crippen LogP) is 3.22. The lowest BCUT2D eigenvalue weighted by Crippen LogP contribution is -2.26. The Labute approximate surface area is 147 Å². The van der Waals surface area contributed by atoms with Gasteiger partial charge in [0.25, 0.3) is 0 Å². The molecule has 5 nitrogen and oxygen atoms in total. The number of nitrogens with one attached hydrogen (secondary N) is 1. The highest BCUT2D eigenvalue weighted by atomic mass is 16.5. The van der Waals surface area contributed by atoms with Gasteiger partial charge < -0.3 is 10.1 Å². The first-order valence-corrected chi connectivity index (χ1v) is 8.53. The van der Waals surface area contributed by atoms with Crippen molar-refractivity contribution in [2.24, 2.45) is 0 Å². The Morgan fingerprint density at radius 3 is 2.44 bits per heavy atom. The first kappa shape index (κ1) is 18.6. The third kappa shape index (κ3) is 4.05. The van der Waals surface area contributed by atoms with Crippen molar-refractivity contribution in [3.8, 4) is 0 Å².